The van der Waals surface area contributed by atoms with Crippen LogP contribution in [-0.4, -0.2) is 20.9 Å². The van der Waals surface area contributed by atoms with Crippen molar-refractivity contribution in [3.05, 3.63) is 51.3 Å². The topological polar surface area (TPSA) is 55.1 Å². The van der Waals surface area contributed by atoms with Crippen molar-refractivity contribution >= 4 is 29.2 Å². The Kier molecular flexibility index (Phi) is 4.35. The van der Waals surface area contributed by atoms with Crippen molar-refractivity contribution in [2.24, 2.45) is 7.05 Å². The normalized spacial score (nSPS) is 12.4. The second-order valence-corrected chi connectivity index (χ2v) is 5.42. The minimum Gasteiger partial charge on any atom is -0.481 e. The number of carbonyl (C=O) groups is 1. The van der Waals surface area contributed by atoms with Crippen molar-refractivity contribution in [2.75, 3.05) is 0 Å². The predicted octanol–water partition coefficient (Wildman–Crippen LogP) is 3.45. The Morgan fingerprint density at radius 3 is 2.40 bits per heavy atom. The van der Waals surface area contributed by atoms with E-state index < -0.39 is 11.9 Å². The number of benzene rings is 1. The van der Waals surface area contributed by atoms with Crippen LogP contribution < -0.4 is 0 Å². The maximum atomic E-state index is 11.5. The van der Waals surface area contributed by atoms with Crippen molar-refractivity contribution in [3.63, 3.8) is 0 Å². The zero-order valence-corrected chi connectivity index (χ0v) is 12.6. The molecule has 0 spiro atoms. The van der Waals surface area contributed by atoms with Crippen LogP contribution >= 0.6 is 23.2 Å². The Balaban J connectivity index is 2.35. The fourth-order valence-corrected chi connectivity index (χ4v) is 2.53. The molecule has 0 aliphatic rings. The van der Waals surface area contributed by atoms with E-state index in [0.29, 0.717) is 22.2 Å². The van der Waals surface area contributed by atoms with Crippen molar-refractivity contribution in [3.8, 4) is 0 Å². The molecule has 0 aliphatic heterocycles. The predicted molar refractivity (Wildman–Crippen MR) is 78.5 cm³/mol. The molecule has 2 aromatic rings. The fraction of sp³-hybridized carbons (Fsp3) is 0.286. The van der Waals surface area contributed by atoms with Gasteiger partial charge in [-0.15, -0.1) is 0 Å². The molecule has 0 aliphatic carbocycles. The number of rotatable bonds is 4. The van der Waals surface area contributed by atoms with Crippen molar-refractivity contribution in [2.45, 2.75) is 19.3 Å². The van der Waals surface area contributed by atoms with E-state index in [-0.39, 0.29) is 0 Å². The summed E-state index contributed by atoms with van der Waals surface area (Å²) < 4.78 is 1.55. The monoisotopic (exact) mass is 312 g/mol. The van der Waals surface area contributed by atoms with E-state index in [2.05, 4.69) is 5.10 Å². The summed E-state index contributed by atoms with van der Waals surface area (Å²) in [6.45, 7) is 1.82. The Morgan fingerprint density at radius 1 is 1.35 bits per heavy atom. The first kappa shape index (κ1) is 14.9. The van der Waals surface area contributed by atoms with Crippen molar-refractivity contribution in [1.29, 1.82) is 0 Å². The maximum Gasteiger partial charge on any atom is 0.311 e. The number of hydrogen-bond acceptors (Lipinski definition) is 2. The summed E-state index contributed by atoms with van der Waals surface area (Å²) in [6, 6.07) is 6.82. The van der Waals surface area contributed by atoms with E-state index in [0.717, 1.165) is 11.3 Å². The molecule has 2 rings (SSSR count). The molecule has 0 amide bonds. The SMILES string of the molecule is Cc1nn(C)c(Cl)c1CC(C(=O)O)c1ccc(Cl)cc1. The average molecular weight is 313 g/mol. The maximum absolute atomic E-state index is 11.5. The highest BCUT2D eigenvalue weighted by atomic mass is 35.5. The van der Waals surface area contributed by atoms with Crippen LogP contribution in [-0.2, 0) is 18.3 Å². The third kappa shape index (κ3) is 2.97. The van der Waals surface area contributed by atoms with E-state index >= 15 is 0 Å². The quantitative estimate of drug-likeness (QED) is 0.940. The molecule has 0 saturated heterocycles. The van der Waals surface area contributed by atoms with Gasteiger partial charge in [0.05, 0.1) is 11.6 Å². The lowest BCUT2D eigenvalue weighted by Crippen LogP contribution is -2.15. The van der Waals surface area contributed by atoms with Gasteiger partial charge in [0.1, 0.15) is 5.15 Å². The molecule has 1 N–H and O–H groups in total. The minimum absolute atomic E-state index is 0.301. The molecule has 1 unspecified atom stereocenters. The van der Waals surface area contributed by atoms with Gasteiger partial charge in [0, 0.05) is 17.6 Å². The van der Waals surface area contributed by atoms with Crippen molar-refractivity contribution < 1.29 is 9.90 Å². The van der Waals surface area contributed by atoms with Gasteiger partial charge < -0.3 is 5.11 Å². The second-order valence-electron chi connectivity index (χ2n) is 4.62. The van der Waals surface area contributed by atoms with E-state index in [1.165, 1.54) is 0 Å². The number of aromatic nitrogens is 2. The zero-order chi connectivity index (χ0) is 14.9. The molecule has 1 atom stereocenters. The molecule has 0 bridgehead atoms. The van der Waals surface area contributed by atoms with Gasteiger partial charge in [-0.25, -0.2) is 0 Å². The summed E-state index contributed by atoms with van der Waals surface area (Å²) in [7, 11) is 1.73. The molecule has 0 radical (unpaired) electrons. The third-order valence-electron chi connectivity index (χ3n) is 3.25. The summed E-state index contributed by atoms with van der Waals surface area (Å²) in [5, 5.41) is 14.7. The van der Waals surface area contributed by atoms with Crippen LogP contribution in [0, 0.1) is 6.92 Å². The van der Waals surface area contributed by atoms with Crippen LogP contribution in [0.2, 0.25) is 10.2 Å². The highest BCUT2D eigenvalue weighted by Crippen LogP contribution is 2.28. The van der Waals surface area contributed by atoms with Gasteiger partial charge in [0.25, 0.3) is 0 Å². The van der Waals surface area contributed by atoms with Crippen LogP contribution in [0.3, 0.4) is 0 Å². The van der Waals surface area contributed by atoms with Crippen LogP contribution in [0.4, 0.5) is 0 Å². The Labute approximate surface area is 126 Å². The number of hydrogen-bond donors (Lipinski definition) is 1. The molecule has 106 valence electrons. The largest absolute Gasteiger partial charge is 0.481 e. The highest BCUT2D eigenvalue weighted by Gasteiger charge is 2.24. The van der Waals surface area contributed by atoms with Gasteiger partial charge in [-0.3, -0.25) is 9.48 Å². The molecule has 4 nitrogen and oxygen atoms in total. The zero-order valence-electron chi connectivity index (χ0n) is 11.1. The Bertz CT molecular complexity index is 635. The lowest BCUT2D eigenvalue weighted by atomic mass is 9.92. The first-order chi connectivity index (χ1) is 9.40. The number of nitrogens with zero attached hydrogens (tertiary/aromatic N) is 2. The van der Waals surface area contributed by atoms with Crippen LogP contribution in [0.5, 0.6) is 0 Å². The van der Waals surface area contributed by atoms with Gasteiger partial charge in [-0.1, -0.05) is 35.3 Å². The van der Waals surface area contributed by atoms with Gasteiger partial charge in [0.2, 0.25) is 0 Å². The van der Waals surface area contributed by atoms with Crippen LogP contribution in [0.25, 0.3) is 0 Å². The van der Waals surface area contributed by atoms with Crippen LogP contribution in [0.1, 0.15) is 22.7 Å². The smallest absolute Gasteiger partial charge is 0.311 e. The number of carboxylic acid groups (broad SMARTS) is 1. The number of carboxylic acids is 1. The first-order valence-electron chi connectivity index (χ1n) is 6.06. The third-order valence-corrected chi connectivity index (χ3v) is 3.97. The molecule has 0 fully saturated rings. The van der Waals surface area contributed by atoms with E-state index in [4.69, 9.17) is 23.2 Å². The molecular weight excluding hydrogens is 299 g/mol. The summed E-state index contributed by atoms with van der Waals surface area (Å²) >= 11 is 12.0. The Morgan fingerprint density at radius 2 is 1.95 bits per heavy atom. The first-order valence-corrected chi connectivity index (χ1v) is 6.82. The molecule has 1 heterocycles. The van der Waals surface area contributed by atoms with E-state index in [1.54, 1.807) is 36.0 Å². The molecule has 6 heteroatoms. The lowest BCUT2D eigenvalue weighted by Gasteiger charge is -2.13. The van der Waals surface area contributed by atoms with Crippen LogP contribution in [0.15, 0.2) is 24.3 Å². The number of aryl methyl sites for hydroxylation is 2. The van der Waals surface area contributed by atoms with Gasteiger partial charge in [-0.2, -0.15) is 5.10 Å². The number of halogens is 2. The summed E-state index contributed by atoms with van der Waals surface area (Å²) in [5.74, 6) is -1.57. The second kappa shape index (κ2) is 5.85. The molecule has 20 heavy (non-hydrogen) atoms. The standard InChI is InChI=1S/C14H14Cl2N2O2/c1-8-11(13(16)18(2)17-8)7-12(14(19)20)9-3-5-10(15)6-4-9/h3-6,12H,7H2,1-2H3,(H,19,20). The average Bonchev–Trinajstić information content (AvgIpc) is 2.62. The summed E-state index contributed by atoms with van der Waals surface area (Å²) in [4.78, 5) is 11.5. The minimum atomic E-state index is -0.897. The summed E-state index contributed by atoms with van der Waals surface area (Å²) in [5.41, 5.74) is 2.20. The van der Waals surface area contributed by atoms with Gasteiger partial charge in [-0.05, 0) is 31.0 Å². The summed E-state index contributed by atoms with van der Waals surface area (Å²) in [6.07, 6.45) is 0.301. The van der Waals surface area contributed by atoms with Crippen molar-refractivity contribution in [1.82, 2.24) is 9.78 Å². The molecule has 0 saturated carbocycles. The molecule has 1 aromatic heterocycles. The Hall–Kier alpha value is -1.52. The molecule has 1 aromatic carbocycles. The van der Waals surface area contributed by atoms with E-state index in [1.807, 2.05) is 6.92 Å². The van der Waals surface area contributed by atoms with E-state index in [9.17, 15) is 9.90 Å². The van der Waals surface area contributed by atoms with Gasteiger partial charge in [0.15, 0.2) is 0 Å². The highest BCUT2D eigenvalue weighted by molar-refractivity contribution is 6.30. The lowest BCUT2D eigenvalue weighted by molar-refractivity contribution is -0.138. The molecular formula is C14H14Cl2N2O2. The number of aliphatic carboxylic acids is 1. The van der Waals surface area contributed by atoms with Gasteiger partial charge >= 0.3 is 5.97 Å². The fourth-order valence-electron chi connectivity index (χ4n) is 2.15.